The first-order chi connectivity index (χ1) is 4.88. The molecular weight excluding hydrogens is 128 g/mol. The fourth-order valence-corrected chi connectivity index (χ4v) is 0.815. The Kier molecular flexibility index (Phi) is 0.943. The van der Waals surface area contributed by atoms with Gasteiger partial charge in [-0.2, -0.15) is 0 Å². The summed E-state index contributed by atoms with van der Waals surface area (Å²) >= 11 is 0. The summed E-state index contributed by atoms with van der Waals surface area (Å²) in [6, 6.07) is 0. The zero-order valence-electron chi connectivity index (χ0n) is 5.44. The van der Waals surface area contributed by atoms with Gasteiger partial charge in [0.1, 0.15) is 18.0 Å². The minimum absolute atomic E-state index is 0.692. The van der Waals surface area contributed by atoms with Crippen molar-refractivity contribution in [2.75, 3.05) is 0 Å². The van der Waals surface area contributed by atoms with Gasteiger partial charge < -0.3 is 4.57 Å². The number of rotatable bonds is 0. The van der Waals surface area contributed by atoms with Crippen molar-refractivity contribution in [3.63, 3.8) is 0 Å². The van der Waals surface area contributed by atoms with Crippen LogP contribution in [0.2, 0.25) is 0 Å². The fourth-order valence-electron chi connectivity index (χ4n) is 0.815. The molecule has 0 aromatic carbocycles. The first-order valence-electron chi connectivity index (χ1n) is 2.87. The van der Waals surface area contributed by atoms with Gasteiger partial charge in [0.05, 0.1) is 6.33 Å². The molecule has 1 radical (unpaired) electrons. The van der Waals surface area contributed by atoms with Crippen LogP contribution in [-0.2, 0) is 7.05 Å². The fraction of sp³-hybridized carbons (Fsp3) is 0.167. The van der Waals surface area contributed by atoms with Crippen LogP contribution in [0.3, 0.4) is 0 Å². The van der Waals surface area contributed by atoms with Gasteiger partial charge in [-0.25, -0.2) is 15.0 Å². The van der Waals surface area contributed by atoms with E-state index in [1.54, 1.807) is 6.33 Å². The van der Waals surface area contributed by atoms with Crippen molar-refractivity contribution in [2.45, 2.75) is 0 Å². The molecule has 2 aromatic heterocycles. The molecule has 2 heterocycles. The van der Waals surface area contributed by atoms with Crippen LogP contribution in [-0.4, -0.2) is 19.5 Å². The Labute approximate surface area is 57.6 Å². The van der Waals surface area contributed by atoms with Crippen LogP contribution < -0.4 is 0 Å². The summed E-state index contributed by atoms with van der Waals surface area (Å²) in [4.78, 5) is 11.7. The molecule has 0 fully saturated rings. The Morgan fingerprint density at radius 1 is 1.50 bits per heavy atom. The zero-order valence-corrected chi connectivity index (χ0v) is 5.44. The van der Waals surface area contributed by atoms with Crippen molar-refractivity contribution < 1.29 is 0 Å². The highest BCUT2D eigenvalue weighted by Gasteiger charge is 1.97. The number of hydrogen-bond donors (Lipinski definition) is 0. The molecule has 0 unspecified atom stereocenters. The molecule has 0 spiro atoms. The molecular formula is C6H5N4. The van der Waals surface area contributed by atoms with Crippen LogP contribution in [0.25, 0.3) is 11.2 Å². The van der Waals surface area contributed by atoms with Crippen molar-refractivity contribution in [1.29, 1.82) is 0 Å². The molecule has 2 aromatic rings. The largest absolute Gasteiger partial charge is 0.331 e. The van der Waals surface area contributed by atoms with Gasteiger partial charge in [-0.05, 0) is 0 Å². The summed E-state index contributed by atoms with van der Waals surface area (Å²) in [5.74, 6) is 0. The number of fused-ring (bicyclic) bond motifs is 1. The average molecular weight is 133 g/mol. The van der Waals surface area contributed by atoms with Crippen molar-refractivity contribution in [3.05, 3.63) is 18.9 Å². The highest BCUT2D eigenvalue weighted by molar-refractivity contribution is 5.67. The third kappa shape index (κ3) is 0.586. The van der Waals surface area contributed by atoms with Crippen LogP contribution in [0.1, 0.15) is 0 Å². The Morgan fingerprint density at radius 3 is 3.20 bits per heavy atom. The molecule has 2 rings (SSSR count). The molecule has 0 N–H and O–H groups in total. The summed E-state index contributed by atoms with van der Waals surface area (Å²) in [7, 11) is 1.88. The molecule has 0 amide bonds. The van der Waals surface area contributed by atoms with Gasteiger partial charge >= 0.3 is 0 Å². The monoisotopic (exact) mass is 133 g/mol. The predicted octanol–water partition coefficient (Wildman–Crippen LogP) is 0.163. The first kappa shape index (κ1) is 5.34. The van der Waals surface area contributed by atoms with E-state index in [1.165, 1.54) is 6.33 Å². The van der Waals surface area contributed by atoms with E-state index in [1.807, 2.05) is 11.6 Å². The van der Waals surface area contributed by atoms with E-state index in [0.717, 1.165) is 5.52 Å². The van der Waals surface area contributed by atoms with Gasteiger partial charge in [0, 0.05) is 7.05 Å². The van der Waals surface area contributed by atoms with E-state index in [0.29, 0.717) is 5.65 Å². The van der Waals surface area contributed by atoms with Gasteiger partial charge in [0.25, 0.3) is 0 Å². The van der Waals surface area contributed by atoms with E-state index in [4.69, 9.17) is 0 Å². The second kappa shape index (κ2) is 1.76. The van der Waals surface area contributed by atoms with Crippen molar-refractivity contribution >= 4 is 11.2 Å². The summed E-state index contributed by atoms with van der Waals surface area (Å²) < 4.78 is 1.83. The number of aromatic nitrogens is 4. The van der Waals surface area contributed by atoms with Crippen LogP contribution in [0.5, 0.6) is 0 Å². The minimum atomic E-state index is 0.692. The summed E-state index contributed by atoms with van der Waals surface area (Å²) in [5.41, 5.74) is 1.53. The Hall–Kier alpha value is -1.45. The number of hydrogen-bond acceptors (Lipinski definition) is 3. The summed E-state index contributed by atoms with van der Waals surface area (Å²) in [6.07, 6.45) is 5.92. The molecule has 0 aliphatic heterocycles. The minimum Gasteiger partial charge on any atom is -0.331 e. The molecule has 0 saturated carbocycles. The third-order valence-corrected chi connectivity index (χ3v) is 1.33. The maximum atomic E-state index is 4.00. The van der Waals surface area contributed by atoms with E-state index >= 15 is 0 Å². The molecule has 4 nitrogen and oxygen atoms in total. The quantitative estimate of drug-likeness (QED) is 0.514. The smallest absolute Gasteiger partial charge is 0.181 e. The van der Waals surface area contributed by atoms with Gasteiger partial charge in [-0.3, -0.25) is 0 Å². The van der Waals surface area contributed by atoms with Crippen LogP contribution in [0.15, 0.2) is 12.7 Å². The van der Waals surface area contributed by atoms with E-state index in [-0.39, 0.29) is 0 Å². The first-order valence-corrected chi connectivity index (χ1v) is 2.87. The second-order valence-corrected chi connectivity index (χ2v) is 2.01. The van der Waals surface area contributed by atoms with Gasteiger partial charge in [-0.15, -0.1) is 0 Å². The standard InChI is InChI=1S/C6H5N4/c1-10-4-9-6-5(10)2-7-3-8-6/h3-4H,1H3. The molecule has 10 heavy (non-hydrogen) atoms. The summed E-state index contributed by atoms with van der Waals surface area (Å²) in [6.45, 7) is 0. The molecule has 0 saturated heterocycles. The van der Waals surface area contributed by atoms with E-state index in [2.05, 4.69) is 21.1 Å². The van der Waals surface area contributed by atoms with E-state index in [9.17, 15) is 0 Å². The highest BCUT2D eigenvalue weighted by atomic mass is 15.1. The maximum absolute atomic E-state index is 4.00. The van der Waals surface area contributed by atoms with Crippen LogP contribution >= 0.6 is 0 Å². The maximum Gasteiger partial charge on any atom is 0.181 e. The topological polar surface area (TPSA) is 43.6 Å². The van der Waals surface area contributed by atoms with Crippen molar-refractivity contribution in [3.8, 4) is 0 Å². The molecule has 49 valence electrons. The molecule has 0 bridgehead atoms. The predicted molar refractivity (Wildman–Crippen MR) is 35.1 cm³/mol. The normalized spacial score (nSPS) is 10.5. The van der Waals surface area contributed by atoms with Gasteiger partial charge in [0.2, 0.25) is 0 Å². The molecule has 0 aliphatic carbocycles. The summed E-state index contributed by atoms with van der Waals surface area (Å²) in [5, 5.41) is 0. The molecule has 0 atom stereocenters. The van der Waals surface area contributed by atoms with Crippen LogP contribution in [0, 0.1) is 6.20 Å². The third-order valence-electron chi connectivity index (χ3n) is 1.33. The highest BCUT2D eigenvalue weighted by Crippen LogP contribution is 2.02. The Bertz CT molecular complexity index is 351. The Morgan fingerprint density at radius 2 is 2.40 bits per heavy atom. The lowest BCUT2D eigenvalue weighted by atomic mass is 10.5. The lowest BCUT2D eigenvalue weighted by molar-refractivity contribution is 0.943. The number of aryl methyl sites for hydroxylation is 1. The van der Waals surface area contributed by atoms with E-state index < -0.39 is 0 Å². The van der Waals surface area contributed by atoms with Crippen molar-refractivity contribution in [2.24, 2.45) is 7.05 Å². The second-order valence-electron chi connectivity index (χ2n) is 2.01. The average Bonchev–Trinajstić information content (AvgIpc) is 2.34. The number of nitrogens with zero attached hydrogens (tertiary/aromatic N) is 4. The van der Waals surface area contributed by atoms with Crippen LogP contribution in [0.4, 0.5) is 0 Å². The lowest BCUT2D eigenvalue weighted by Gasteiger charge is -1.87. The zero-order chi connectivity index (χ0) is 6.97. The molecule has 0 aliphatic rings. The SMILES string of the molecule is Cn1cnc2ncn[c]c21. The van der Waals surface area contributed by atoms with Crippen molar-refractivity contribution in [1.82, 2.24) is 19.5 Å². The lowest BCUT2D eigenvalue weighted by Crippen LogP contribution is -1.85. The molecule has 4 heteroatoms. The van der Waals surface area contributed by atoms with Gasteiger partial charge in [0.15, 0.2) is 5.65 Å². The number of imidazole rings is 1. The van der Waals surface area contributed by atoms with Gasteiger partial charge in [-0.1, -0.05) is 0 Å². The Balaban J connectivity index is 2.93.